The summed E-state index contributed by atoms with van der Waals surface area (Å²) in [7, 11) is 0. The fourth-order valence-corrected chi connectivity index (χ4v) is 4.07. The van der Waals surface area contributed by atoms with Gasteiger partial charge in [0.25, 0.3) is 0 Å². The molecule has 3 heterocycles. The number of aromatic nitrogens is 3. The van der Waals surface area contributed by atoms with Crippen LogP contribution in [0.1, 0.15) is 5.69 Å². The molecule has 0 saturated carbocycles. The lowest BCUT2D eigenvalue weighted by atomic mass is 10.0. The summed E-state index contributed by atoms with van der Waals surface area (Å²) < 4.78 is 45.6. The smallest absolute Gasteiger partial charge is 0.378 e. The molecule has 180 valence electrons. The van der Waals surface area contributed by atoms with Gasteiger partial charge in [0.1, 0.15) is 0 Å². The van der Waals surface area contributed by atoms with Gasteiger partial charge in [0.2, 0.25) is 0 Å². The number of morpholine rings is 1. The first-order valence-corrected chi connectivity index (χ1v) is 10.9. The maximum Gasteiger partial charge on any atom is 0.435 e. The highest BCUT2D eigenvalue weighted by molar-refractivity contribution is 6.02. The average molecular weight is 482 g/mol. The topological polar surface area (TPSA) is 95.2 Å². The van der Waals surface area contributed by atoms with Crippen LogP contribution in [0, 0.1) is 0 Å². The van der Waals surface area contributed by atoms with E-state index < -0.39 is 17.9 Å². The van der Waals surface area contributed by atoms with Gasteiger partial charge in [0.05, 0.1) is 30.0 Å². The Morgan fingerprint density at radius 1 is 1.00 bits per heavy atom. The summed E-state index contributed by atoms with van der Waals surface area (Å²) >= 11 is 0. The summed E-state index contributed by atoms with van der Waals surface area (Å²) in [6.07, 6.45) is -3.20. The molecule has 0 aliphatic carbocycles. The molecule has 0 radical (unpaired) electrons. The van der Waals surface area contributed by atoms with Gasteiger partial charge in [-0.1, -0.05) is 24.3 Å². The summed E-state index contributed by atoms with van der Waals surface area (Å²) in [5.41, 5.74) is 1.97. The zero-order chi connectivity index (χ0) is 24.4. The molecule has 2 aromatic carbocycles. The Morgan fingerprint density at radius 2 is 1.74 bits per heavy atom. The lowest BCUT2D eigenvalue weighted by Crippen LogP contribution is -2.36. The van der Waals surface area contributed by atoms with Gasteiger partial charge in [-0.05, 0) is 41.5 Å². The van der Waals surface area contributed by atoms with Crippen molar-refractivity contribution in [1.82, 2.24) is 15.2 Å². The van der Waals surface area contributed by atoms with E-state index in [9.17, 15) is 18.0 Å². The molecule has 0 unspecified atom stereocenters. The van der Waals surface area contributed by atoms with Gasteiger partial charge in [-0.3, -0.25) is 5.10 Å². The minimum absolute atomic E-state index is 0.0512. The Balaban J connectivity index is 1.33. The number of carbonyl (C=O) groups excluding carboxylic acids is 1. The van der Waals surface area contributed by atoms with Crippen molar-refractivity contribution >= 4 is 34.1 Å². The number of para-hydroxylation sites is 2. The number of H-pyrrole nitrogens is 1. The number of nitrogens with zero attached hydrogens (tertiary/aromatic N) is 3. The van der Waals surface area contributed by atoms with Crippen LogP contribution in [0.4, 0.5) is 35.0 Å². The van der Waals surface area contributed by atoms with Crippen LogP contribution in [0.25, 0.3) is 22.2 Å². The first kappa shape index (κ1) is 22.7. The van der Waals surface area contributed by atoms with E-state index in [2.05, 4.69) is 30.7 Å². The number of anilines is 3. The molecule has 0 atom stereocenters. The van der Waals surface area contributed by atoms with E-state index in [1.165, 1.54) is 12.3 Å². The van der Waals surface area contributed by atoms with Crippen LogP contribution >= 0.6 is 0 Å². The van der Waals surface area contributed by atoms with E-state index in [0.717, 1.165) is 18.8 Å². The van der Waals surface area contributed by atoms with Gasteiger partial charge in [-0.2, -0.15) is 18.3 Å². The number of rotatable bonds is 4. The van der Waals surface area contributed by atoms with Crippen molar-refractivity contribution in [2.24, 2.45) is 0 Å². The van der Waals surface area contributed by atoms with Crippen molar-refractivity contribution in [3.63, 3.8) is 0 Å². The van der Waals surface area contributed by atoms with E-state index in [4.69, 9.17) is 4.74 Å². The number of pyridine rings is 1. The standard InChI is InChI=1S/C24H21F3N6O2/c25-24(26,27)21-20-17(9-10-28-22(20)32-31-21)15-5-7-16(8-6-15)29-23(34)30-18-3-1-2-4-19(18)33-11-13-35-14-12-33/h1-10H,11-14H2,(H,28,31,32)(H2,29,30,34). The molecule has 4 aromatic rings. The van der Waals surface area contributed by atoms with E-state index in [0.29, 0.717) is 35.7 Å². The van der Waals surface area contributed by atoms with E-state index >= 15 is 0 Å². The maximum atomic E-state index is 13.4. The minimum atomic E-state index is -4.62. The van der Waals surface area contributed by atoms with Gasteiger partial charge in [-0.25, -0.2) is 9.78 Å². The Bertz CT molecular complexity index is 1350. The summed E-state index contributed by atoms with van der Waals surface area (Å²) in [5, 5.41) is 11.3. The Labute approximate surface area is 198 Å². The first-order valence-electron chi connectivity index (χ1n) is 10.9. The van der Waals surface area contributed by atoms with Gasteiger partial charge in [0, 0.05) is 25.0 Å². The quantitative estimate of drug-likeness (QED) is 0.375. The summed E-state index contributed by atoms with van der Waals surface area (Å²) in [4.78, 5) is 18.7. The number of carbonyl (C=O) groups is 1. The van der Waals surface area contributed by atoms with Crippen LogP contribution in [0.15, 0.2) is 60.8 Å². The van der Waals surface area contributed by atoms with E-state index in [-0.39, 0.29) is 11.0 Å². The van der Waals surface area contributed by atoms with Crippen LogP contribution in [0.2, 0.25) is 0 Å². The maximum absolute atomic E-state index is 13.4. The van der Waals surface area contributed by atoms with Gasteiger partial charge in [-0.15, -0.1) is 0 Å². The molecule has 11 heteroatoms. The van der Waals surface area contributed by atoms with E-state index in [1.54, 1.807) is 24.3 Å². The Morgan fingerprint density at radius 3 is 2.49 bits per heavy atom. The zero-order valence-corrected chi connectivity index (χ0v) is 18.4. The van der Waals surface area contributed by atoms with Crippen LogP contribution in [0.3, 0.4) is 0 Å². The van der Waals surface area contributed by atoms with Crippen LogP contribution in [-0.4, -0.2) is 47.5 Å². The highest BCUT2D eigenvalue weighted by atomic mass is 19.4. The second-order valence-corrected chi connectivity index (χ2v) is 7.93. The SMILES string of the molecule is O=C(Nc1ccc(-c2ccnc3[nH]nc(C(F)(F)F)c23)cc1)Nc1ccccc1N1CCOCC1. The predicted molar refractivity (Wildman–Crippen MR) is 126 cm³/mol. The molecule has 8 nitrogen and oxygen atoms in total. The number of benzene rings is 2. The summed E-state index contributed by atoms with van der Waals surface area (Å²) in [6.45, 7) is 2.72. The molecule has 5 rings (SSSR count). The molecular weight excluding hydrogens is 461 g/mol. The Hall–Kier alpha value is -4.12. The normalized spacial score (nSPS) is 14.2. The zero-order valence-electron chi connectivity index (χ0n) is 18.4. The van der Waals surface area contributed by atoms with Gasteiger partial charge >= 0.3 is 12.2 Å². The predicted octanol–water partition coefficient (Wildman–Crippen LogP) is 5.12. The van der Waals surface area contributed by atoms with Crippen molar-refractivity contribution < 1.29 is 22.7 Å². The van der Waals surface area contributed by atoms with Crippen molar-refractivity contribution in [1.29, 1.82) is 0 Å². The number of hydrogen-bond donors (Lipinski definition) is 3. The number of fused-ring (bicyclic) bond motifs is 1. The number of amides is 2. The number of alkyl halides is 3. The summed E-state index contributed by atoms with van der Waals surface area (Å²) in [5.74, 6) is 0. The molecule has 2 amide bonds. The first-order chi connectivity index (χ1) is 16.9. The molecule has 1 aliphatic rings. The Kier molecular flexibility index (Phi) is 6.00. The van der Waals surface area contributed by atoms with Crippen molar-refractivity contribution in [2.45, 2.75) is 6.18 Å². The van der Waals surface area contributed by atoms with Crippen LogP contribution < -0.4 is 15.5 Å². The molecule has 0 bridgehead atoms. The van der Waals surface area contributed by atoms with Crippen LogP contribution in [-0.2, 0) is 10.9 Å². The second kappa shape index (κ2) is 9.26. The number of aromatic amines is 1. The van der Waals surface area contributed by atoms with Crippen molar-refractivity contribution in [2.75, 3.05) is 41.8 Å². The van der Waals surface area contributed by atoms with Crippen LogP contribution in [0.5, 0.6) is 0 Å². The molecule has 35 heavy (non-hydrogen) atoms. The highest BCUT2D eigenvalue weighted by Crippen LogP contribution is 2.37. The van der Waals surface area contributed by atoms with Gasteiger partial charge in [0.15, 0.2) is 11.3 Å². The molecule has 0 spiro atoms. The fourth-order valence-electron chi connectivity index (χ4n) is 4.07. The number of ether oxygens (including phenoxy) is 1. The third-order valence-electron chi connectivity index (χ3n) is 5.69. The number of hydrogen-bond acceptors (Lipinski definition) is 5. The molecular formula is C24H21F3N6O2. The molecule has 1 fully saturated rings. The molecule has 2 aromatic heterocycles. The summed E-state index contributed by atoms with van der Waals surface area (Å²) in [6, 6.07) is 15.1. The number of urea groups is 1. The van der Waals surface area contributed by atoms with E-state index in [1.807, 2.05) is 24.3 Å². The lowest BCUT2D eigenvalue weighted by molar-refractivity contribution is -0.139. The molecule has 1 aliphatic heterocycles. The lowest BCUT2D eigenvalue weighted by Gasteiger charge is -2.30. The fraction of sp³-hybridized carbons (Fsp3) is 0.208. The van der Waals surface area contributed by atoms with Gasteiger partial charge < -0.3 is 20.3 Å². The number of nitrogens with one attached hydrogen (secondary N) is 3. The second-order valence-electron chi connectivity index (χ2n) is 7.93. The molecule has 1 saturated heterocycles. The third-order valence-corrected chi connectivity index (χ3v) is 5.69. The minimum Gasteiger partial charge on any atom is -0.378 e. The largest absolute Gasteiger partial charge is 0.435 e. The van der Waals surface area contributed by atoms with Crippen molar-refractivity contribution in [3.8, 4) is 11.1 Å². The van der Waals surface area contributed by atoms with Crippen molar-refractivity contribution in [3.05, 3.63) is 66.5 Å². The monoisotopic (exact) mass is 482 g/mol. The average Bonchev–Trinajstić information content (AvgIpc) is 3.31. The third kappa shape index (κ3) is 4.76. The highest BCUT2D eigenvalue weighted by Gasteiger charge is 2.37. The number of halogens is 3. The molecule has 3 N–H and O–H groups in total.